The van der Waals surface area contributed by atoms with Gasteiger partial charge in [0, 0.05) is 19.7 Å². The standard InChI is InChI=1S/C11H15ClF3N3/c1-4-7(2)6-18(3)9-5-8(11(13,14)15)16-10(12)17-9/h5,7H,4,6H2,1-3H3. The molecule has 0 amide bonds. The summed E-state index contributed by atoms with van der Waals surface area (Å²) < 4.78 is 37.7. The molecule has 0 aliphatic carbocycles. The van der Waals surface area contributed by atoms with E-state index in [9.17, 15) is 13.2 Å². The van der Waals surface area contributed by atoms with Crippen LogP contribution in [-0.2, 0) is 6.18 Å². The number of nitrogens with zero attached hydrogens (tertiary/aromatic N) is 3. The van der Waals surface area contributed by atoms with Gasteiger partial charge in [0.2, 0.25) is 5.28 Å². The van der Waals surface area contributed by atoms with Gasteiger partial charge in [0.05, 0.1) is 0 Å². The van der Waals surface area contributed by atoms with Crippen LogP contribution in [0.5, 0.6) is 0 Å². The fourth-order valence-electron chi connectivity index (χ4n) is 1.44. The highest BCUT2D eigenvalue weighted by Gasteiger charge is 2.34. The highest BCUT2D eigenvalue weighted by atomic mass is 35.5. The lowest BCUT2D eigenvalue weighted by atomic mass is 10.1. The van der Waals surface area contributed by atoms with Crippen molar-refractivity contribution in [2.75, 3.05) is 18.5 Å². The molecule has 1 unspecified atom stereocenters. The minimum atomic E-state index is -4.52. The first kappa shape index (κ1) is 15.0. The Morgan fingerprint density at radius 3 is 2.50 bits per heavy atom. The summed E-state index contributed by atoms with van der Waals surface area (Å²) in [6, 6.07) is 0.911. The summed E-state index contributed by atoms with van der Waals surface area (Å²) in [5.41, 5.74) is -1.02. The second-order valence-electron chi connectivity index (χ2n) is 4.27. The summed E-state index contributed by atoms with van der Waals surface area (Å²) >= 11 is 5.52. The molecule has 3 nitrogen and oxygen atoms in total. The largest absolute Gasteiger partial charge is 0.433 e. The maximum atomic E-state index is 12.6. The molecule has 1 atom stereocenters. The molecule has 0 spiro atoms. The summed E-state index contributed by atoms with van der Waals surface area (Å²) in [6.07, 6.45) is -3.58. The second kappa shape index (κ2) is 5.73. The molecule has 102 valence electrons. The highest BCUT2D eigenvalue weighted by molar-refractivity contribution is 6.28. The Labute approximate surface area is 109 Å². The zero-order chi connectivity index (χ0) is 13.9. The third-order valence-electron chi connectivity index (χ3n) is 2.65. The first-order valence-corrected chi connectivity index (χ1v) is 5.94. The molecule has 0 N–H and O–H groups in total. The molecule has 0 radical (unpaired) electrons. The van der Waals surface area contributed by atoms with Crippen molar-refractivity contribution in [2.24, 2.45) is 5.92 Å². The lowest BCUT2D eigenvalue weighted by molar-refractivity contribution is -0.141. The van der Waals surface area contributed by atoms with E-state index < -0.39 is 17.2 Å². The minimum Gasteiger partial charge on any atom is -0.359 e. The quantitative estimate of drug-likeness (QED) is 0.789. The van der Waals surface area contributed by atoms with Gasteiger partial charge in [-0.15, -0.1) is 0 Å². The van der Waals surface area contributed by atoms with Crippen LogP contribution in [0.25, 0.3) is 0 Å². The second-order valence-corrected chi connectivity index (χ2v) is 4.61. The Balaban J connectivity index is 2.99. The summed E-state index contributed by atoms with van der Waals surface area (Å²) in [5.74, 6) is 0.542. The van der Waals surface area contributed by atoms with E-state index in [0.717, 1.165) is 12.5 Å². The maximum Gasteiger partial charge on any atom is 0.433 e. The van der Waals surface area contributed by atoms with Crippen LogP contribution < -0.4 is 4.90 Å². The average molecular weight is 282 g/mol. The summed E-state index contributed by atoms with van der Waals surface area (Å²) in [6.45, 7) is 4.65. The molecule has 0 aliphatic rings. The number of alkyl halides is 3. The van der Waals surface area contributed by atoms with Gasteiger partial charge in [-0.3, -0.25) is 0 Å². The first-order chi connectivity index (χ1) is 8.24. The van der Waals surface area contributed by atoms with Gasteiger partial charge in [0.25, 0.3) is 0 Å². The predicted octanol–water partition coefficient (Wildman–Crippen LogP) is 3.63. The molecule has 1 rings (SSSR count). The predicted molar refractivity (Wildman–Crippen MR) is 64.8 cm³/mol. The van der Waals surface area contributed by atoms with Crippen LogP contribution in [0.2, 0.25) is 5.28 Å². The topological polar surface area (TPSA) is 29.0 Å². The smallest absolute Gasteiger partial charge is 0.359 e. The zero-order valence-corrected chi connectivity index (χ0v) is 11.2. The lowest BCUT2D eigenvalue weighted by Gasteiger charge is -2.22. The number of hydrogen-bond donors (Lipinski definition) is 0. The van der Waals surface area contributed by atoms with Crippen molar-refractivity contribution in [2.45, 2.75) is 26.4 Å². The summed E-state index contributed by atoms with van der Waals surface area (Å²) in [5, 5.41) is -0.393. The van der Waals surface area contributed by atoms with Crippen LogP contribution in [0.4, 0.5) is 19.0 Å². The molecule has 0 saturated heterocycles. The SMILES string of the molecule is CCC(C)CN(C)c1cc(C(F)(F)F)nc(Cl)n1. The van der Waals surface area contributed by atoms with E-state index in [2.05, 4.69) is 9.97 Å². The van der Waals surface area contributed by atoms with Gasteiger partial charge < -0.3 is 4.90 Å². The Morgan fingerprint density at radius 1 is 1.39 bits per heavy atom. The van der Waals surface area contributed by atoms with E-state index >= 15 is 0 Å². The van der Waals surface area contributed by atoms with Gasteiger partial charge in [0.1, 0.15) is 5.82 Å². The average Bonchev–Trinajstić information content (AvgIpc) is 2.26. The molecule has 7 heteroatoms. The first-order valence-electron chi connectivity index (χ1n) is 5.57. The van der Waals surface area contributed by atoms with Gasteiger partial charge in [0.15, 0.2) is 5.69 Å². The molecule has 1 aromatic heterocycles. The minimum absolute atomic E-state index is 0.183. The Bertz CT molecular complexity index is 409. The molecular weight excluding hydrogens is 267 g/mol. The number of anilines is 1. The van der Waals surface area contributed by atoms with Gasteiger partial charge in [-0.25, -0.2) is 9.97 Å². The molecule has 0 fully saturated rings. The summed E-state index contributed by atoms with van der Waals surface area (Å²) in [7, 11) is 1.69. The normalized spacial score (nSPS) is 13.5. The number of halogens is 4. The molecule has 0 aromatic carbocycles. The fraction of sp³-hybridized carbons (Fsp3) is 0.636. The number of hydrogen-bond acceptors (Lipinski definition) is 3. The van der Waals surface area contributed by atoms with E-state index in [1.54, 1.807) is 11.9 Å². The molecule has 0 saturated carbocycles. The van der Waals surface area contributed by atoms with Crippen molar-refractivity contribution in [3.8, 4) is 0 Å². The van der Waals surface area contributed by atoms with Crippen LogP contribution in [0.15, 0.2) is 6.07 Å². The Kier molecular flexibility index (Phi) is 4.78. The van der Waals surface area contributed by atoms with E-state index in [1.807, 2.05) is 13.8 Å². The van der Waals surface area contributed by atoms with Crippen molar-refractivity contribution < 1.29 is 13.2 Å². The monoisotopic (exact) mass is 281 g/mol. The third kappa shape index (κ3) is 4.01. The molecule has 1 aromatic rings. The van der Waals surface area contributed by atoms with Crippen molar-refractivity contribution in [3.05, 3.63) is 17.0 Å². The summed E-state index contributed by atoms with van der Waals surface area (Å²) in [4.78, 5) is 8.65. The highest BCUT2D eigenvalue weighted by Crippen LogP contribution is 2.30. The van der Waals surface area contributed by atoms with Crippen LogP contribution in [0.1, 0.15) is 26.0 Å². The molecule has 0 bridgehead atoms. The van der Waals surface area contributed by atoms with Gasteiger partial charge in [-0.2, -0.15) is 13.2 Å². The third-order valence-corrected chi connectivity index (χ3v) is 2.82. The molecule has 18 heavy (non-hydrogen) atoms. The molecular formula is C11H15ClF3N3. The zero-order valence-electron chi connectivity index (χ0n) is 10.4. The Morgan fingerprint density at radius 2 is 2.00 bits per heavy atom. The van der Waals surface area contributed by atoms with E-state index in [4.69, 9.17) is 11.6 Å². The van der Waals surface area contributed by atoms with Crippen molar-refractivity contribution in [1.29, 1.82) is 0 Å². The van der Waals surface area contributed by atoms with Crippen molar-refractivity contribution >= 4 is 17.4 Å². The van der Waals surface area contributed by atoms with Crippen molar-refractivity contribution in [1.82, 2.24) is 9.97 Å². The number of aromatic nitrogens is 2. The number of rotatable bonds is 4. The van der Waals surface area contributed by atoms with Crippen LogP contribution in [-0.4, -0.2) is 23.6 Å². The van der Waals surface area contributed by atoms with Gasteiger partial charge in [-0.05, 0) is 17.5 Å². The van der Waals surface area contributed by atoms with E-state index in [-0.39, 0.29) is 5.82 Å². The van der Waals surface area contributed by atoms with Crippen LogP contribution in [0, 0.1) is 5.92 Å². The fourth-order valence-corrected chi connectivity index (χ4v) is 1.61. The van der Waals surface area contributed by atoms with Crippen LogP contribution >= 0.6 is 11.6 Å². The Hall–Kier alpha value is -1.04. The molecule has 0 aliphatic heterocycles. The molecule has 1 heterocycles. The van der Waals surface area contributed by atoms with E-state index in [1.165, 1.54) is 0 Å². The van der Waals surface area contributed by atoms with Crippen molar-refractivity contribution in [3.63, 3.8) is 0 Å². The lowest BCUT2D eigenvalue weighted by Crippen LogP contribution is -2.25. The van der Waals surface area contributed by atoms with Gasteiger partial charge in [-0.1, -0.05) is 20.3 Å². The van der Waals surface area contributed by atoms with E-state index in [0.29, 0.717) is 12.5 Å². The van der Waals surface area contributed by atoms with Gasteiger partial charge >= 0.3 is 6.18 Å². The maximum absolute atomic E-state index is 12.6. The van der Waals surface area contributed by atoms with Crippen LogP contribution in [0.3, 0.4) is 0 Å².